The van der Waals surface area contributed by atoms with E-state index in [9.17, 15) is 13.2 Å². The maximum absolute atomic E-state index is 11.9. The van der Waals surface area contributed by atoms with E-state index in [0.717, 1.165) is 12.8 Å². The lowest BCUT2D eigenvalue weighted by Crippen LogP contribution is -2.39. The number of sulfonamides is 1. The number of hydrogen-bond donors (Lipinski definition) is 1. The van der Waals surface area contributed by atoms with E-state index in [0.29, 0.717) is 32.7 Å². The molecule has 0 radical (unpaired) electrons. The number of amides is 1. The zero-order valence-corrected chi connectivity index (χ0v) is 13.4. The van der Waals surface area contributed by atoms with Crippen molar-refractivity contribution in [2.75, 3.05) is 32.6 Å². The monoisotopic (exact) mass is 306 g/mol. The SMILES string of the molecule is CC(C)N(CCCNC(=O)C1CCOCC1)S(C)(=O)=O. The summed E-state index contributed by atoms with van der Waals surface area (Å²) in [6, 6.07) is -0.0591. The zero-order valence-electron chi connectivity index (χ0n) is 12.6. The normalized spacial score (nSPS) is 17.6. The molecule has 1 heterocycles. The fourth-order valence-corrected chi connectivity index (χ4v) is 3.58. The summed E-state index contributed by atoms with van der Waals surface area (Å²) in [5.41, 5.74) is 0. The second kappa shape index (κ2) is 7.95. The molecular formula is C13H26N2O4S. The van der Waals surface area contributed by atoms with Crippen molar-refractivity contribution in [2.24, 2.45) is 5.92 Å². The second-order valence-corrected chi connectivity index (χ2v) is 7.43. The first kappa shape index (κ1) is 17.4. The van der Waals surface area contributed by atoms with Gasteiger partial charge in [0, 0.05) is 38.3 Å². The number of nitrogens with one attached hydrogen (secondary N) is 1. The predicted molar refractivity (Wildman–Crippen MR) is 77.9 cm³/mol. The number of carbonyl (C=O) groups excluding carboxylic acids is 1. The van der Waals surface area contributed by atoms with Crippen molar-refractivity contribution in [2.45, 2.75) is 39.2 Å². The summed E-state index contributed by atoms with van der Waals surface area (Å²) in [7, 11) is -3.18. The Morgan fingerprint density at radius 2 is 1.95 bits per heavy atom. The fourth-order valence-electron chi connectivity index (χ4n) is 2.36. The van der Waals surface area contributed by atoms with E-state index in [4.69, 9.17) is 4.74 Å². The largest absolute Gasteiger partial charge is 0.381 e. The molecule has 0 aromatic heterocycles. The molecule has 0 aromatic rings. The second-order valence-electron chi connectivity index (χ2n) is 5.50. The van der Waals surface area contributed by atoms with E-state index >= 15 is 0 Å². The van der Waals surface area contributed by atoms with Gasteiger partial charge in [-0.25, -0.2) is 8.42 Å². The molecule has 1 saturated heterocycles. The van der Waals surface area contributed by atoms with Crippen molar-refractivity contribution in [3.05, 3.63) is 0 Å². The first-order valence-electron chi connectivity index (χ1n) is 7.14. The highest BCUT2D eigenvalue weighted by Crippen LogP contribution is 2.14. The van der Waals surface area contributed by atoms with Gasteiger partial charge in [0.1, 0.15) is 0 Å². The Morgan fingerprint density at radius 1 is 1.35 bits per heavy atom. The van der Waals surface area contributed by atoms with E-state index in [-0.39, 0.29) is 17.9 Å². The summed E-state index contributed by atoms with van der Waals surface area (Å²) >= 11 is 0. The van der Waals surface area contributed by atoms with Crippen LogP contribution in [0.25, 0.3) is 0 Å². The first-order chi connectivity index (χ1) is 9.32. The Labute approximate surface area is 121 Å². The van der Waals surface area contributed by atoms with Crippen LogP contribution in [0, 0.1) is 5.92 Å². The van der Waals surface area contributed by atoms with E-state index in [2.05, 4.69) is 5.32 Å². The molecule has 0 saturated carbocycles. The number of rotatable bonds is 7. The number of carbonyl (C=O) groups is 1. The van der Waals surface area contributed by atoms with E-state index in [1.807, 2.05) is 13.8 Å². The Hall–Kier alpha value is -0.660. The lowest BCUT2D eigenvalue weighted by molar-refractivity contribution is -0.127. The van der Waals surface area contributed by atoms with Crippen LogP contribution in [-0.4, -0.2) is 57.2 Å². The van der Waals surface area contributed by atoms with Gasteiger partial charge in [0.2, 0.25) is 15.9 Å². The summed E-state index contributed by atoms with van der Waals surface area (Å²) in [4.78, 5) is 11.9. The van der Waals surface area contributed by atoms with Crippen molar-refractivity contribution < 1.29 is 17.9 Å². The molecule has 1 N–H and O–H groups in total. The van der Waals surface area contributed by atoms with Crippen LogP contribution in [0.4, 0.5) is 0 Å². The van der Waals surface area contributed by atoms with Crippen molar-refractivity contribution >= 4 is 15.9 Å². The Balaban J connectivity index is 2.28. The smallest absolute Gasteiger partial charge is 0.223 e. The minimum Gasteiger partial charge on any atom is -0.381 e. The zero-order chi connectivity index (χ0) is 15.2. The third-order valence-electron chi connectivity index (χ3n) is 3.45. The van der Waals surface area contributed by atoms with Crippen molar-refractivity contribution in [1.82, 2.24) is 9.62 Å². The highest BCUT2D eigenvalue weighted by Gasteiger charge is 2.22. The van der Waals surface area contributed by atoms with E-state index in [1.54, 1.807) is 0 Å². The van der Waals surface area contributed by atoms with Gasteiger partial charge in [-0.3, -0.25) is 4.79 Å². The Bertz CT molecular complexity index is 403. The minimum absolute atomic E-state index is 0.0415. The standard InChI is InChI=1S/C13H26N2O4S/c1-11(2)15(20(3,17)18)8-4-7-14-13(16)12-5-9-19-10-6-12/h11-12H,4-10H2,1-3H3,(H,14,16). The maximum Gasteiger partial charge on any atom is 0.223 e. The van der Waals surface area contributed by atoms with E-state index in [1.165, 1.54) is 10.6 Å². The maximum atomic E-state index is 11.9. The molecular weight excluding hydrogens is 280 g/mol. The van der Waals surface area contributed by atoms with Gasteiger partial charge >= 0.3 is 0 Å². The molecule has 0 unspecified atom stereocenters. The molecule has 1 aliphatic rings. The molecule has 0 aliphatic carbocycles. The average Bonchev–Trinajstić information content (AvgIpc) is 2.37. The molecule has 1 aliphatic heterocycles. The third-order valence-corrected chi connectivity index (χ3v) is 4.90. The highest BCUT2D eigenvalue weighted by atomic mass is 32.2. The molecule has 0 atom stereocenters. The predicted octanol–water partition coefficient (Wildman–Crippen LogP) is 0.589. The van der Waals surface area contributed by atoms with Crippen molar-refractivity contribution in [1.29, 1.82) is 0 Å². The summed E-state index contributed by atoms with van der Waals surface area (Å²) in [5, 5.41) is 2.88. The Morgan fingerprint density at radius 3 is 2.45 bits per heavy atom. The molecule has 7 heteroatoms. The summed E-state index contributed by atoms with van der Waals surface area (Å²) < 4.78 is 29.8. The van der Waals surface area contributed by atoms with Gasteiger partial charge in [-0.1, -0.05) is 0 Å². The number of hydrogen-bond acceptors (Lipinski definition) is 4. The van der Waals surface area contributed by atoms with Gasteiger partial charge in [0.15, 0.2) is 0 Å². The summed E-state index contributed by atoms with van der Waals surface area (Å²) in [5.74, 6) is 0.101. The van der Waals surface area contributed by atoms with Crippen LogP contribution in [0.3, 0.4) is 0 Å². The van der Waals surface area contributed by atoms with Crippen LogP contribution in [0.15, 0.2) is 0 Å². The van der Waals surface area contributed by atoms with Gasteiger partial charge in [0.05, 0.1) is 6.26 Å². The lowest BCUT2D eigenvalue weighted by atomic mass is 9.99. The van der Waals surface area contributed by atoms with Gasteiger partial charge in [-0.15, -0.1) is 0 Å². The van der Waals surface area contributed by atoms with Gasteiger partial charge < -0.3 is 10.1 Å². The van der Waals surface area contributed by atoms with Crippen LogP contribution in [-0.2, 0) is 19.6 Å². The Kier molecular flexibility index (Phi) is 6.91. The molecule has 0 spiro atoms. The lowest BCUT2D eigenvalue weighted by Gasteiger charge is -2.24. The van der Waals surface area contributed by atoms with Crippen LogP contribution >= 0.6 is 0 Å². The number of nitrogens with zero attached hydrogens (tertiary/aromatic N) is 1. The minimum atomic E-state index is -3.18. The van der Waals surface area contributed by atoms with Crippen LogP contribution in [0.2, 0.25) is 0 Å². The van der Waals surface area contributed by atoms with Crippen molar-refractivity contribution in [3.63, 3.8) is 0 Å². The van der Waals surface area contributed by atoms with E-state index < -0.39 is 10.0 Å². The molecule has 0 aromatic carbocycles. The average molecular weight is 306 g/mol. The first-order valence-corrected chi connectivity index (χ1v) is 8.99. The molecule has 1 fully saturated rings. The third kappa shape index (κ3) is 5.76. The van der Waals surface area contributed by atoms with Gasteiger partial charge in [-0.05, 0) is 33.1 Å². The van der Waals surface area contributed by atoms with Gasteiger partial charge in [0.25, 0.3) is 0 Å². The molecule has 20 heavy (non-hydrogen) atoms. The molecule has 118 valence electrons. The summed E-state index contributed by atoms with van der Waals surface area (Å²) in [6.07, 6.45) is 3.38. The van der Waals surface area contributed by atoms with Crippen LogP contribution in [0.5, 0.6) is 0 Å². The molecule has 0 bridgehead atoms. The van der Waals surface area contributed by atoms with Crippen LogP contribution < -0.4 is 5.32 Å². The molecule has 1 amide bonds. The molecule has 1 rings (SSSR count). The molecule has 6 nitrogen and oxygen atoms in total. The quantitative estimate of drug-likeness (QED) is 0.699. The summed E-state index contributed by atoms with van der Waals surface area (Å²) in [6.45, 7) is 5.93. The number of ether oxygens (including phenoxy) is 1. The topological polar surface area (TPSA) is 75.7 Å². The van der Waals surface area contributed by atoms with Crippen molar-refractivity contribution in [3.8, 4) is 0 Å². The fraction of sp³-hybridized carbons (Fsp3) is 0.923. The van der Waals surface area contributed by atoms with Crippen LogP contribution in [0.1, 0.15) is 33.1 Å². The highest BCUT2D eigenvalue weighted by molar-refractivity contribution is 7.88. The van der Waals surface area contributed by atoms with Gasteiger partial charge in [-0.2, -0.15) is 4.31 Å².